The lowest BCUT2D eigenvalue weighted by molar-refractivity contribution is -0.127. The first-order chi connectivity index (χ1) is 9.04. The Hall–Kier alpha value is -1.11. The summed E-state index contributed by atoms with van der Waals surface area (Å²) >= 11 is 2.22. The van der Waals surface area contributed by atoms with Crippen molar-refractivity contribution in [1.29, 1.82) is 0 Å². The topological polar surface area (TPSA) is 49.4 Å². The molecule has 1 atom stereocenters. The number of halogens is 1. The van der Waals surface area contributed by atoms with E-state index < -0.39 is 0 Å². The maximum absolute atomic E-state index is 12.5. The molecule has 4 nitrogen and oxygen atoms in total. The van der Waals surface area contributed by atoms with Gasteiger partial charge in [-0.1, -0.05) is 13.0 Å². The van der Waals surface area contributed by atoms with E-state index in [-0.39, 0.29) is 17.9 Å². The summed E-state index contributed by atoms with van der Waals surface area (Å²) in [6, 6.07) is 5.32. The summed E-state index contributed by atoms with van der Waals surface area (Å²) in [7, 11) is 0. The fraction of sp³-hybridized carbons (Fsp3) is 0.429. The van der Waals surface area contributed by atoms with E-state index in [0.717, 1.165) is 9.13 Å². The van der Waals surface area contributed by atoms with Gasteiger partial charge >= 0.3 is 0 Å². The smallest absolute Gasteiger partial charge is 0.254 e. The van der Waals surface area contributed by atoms with Crippen LogP contribution in [0.1, 0.15) is 29.3 Å². The molecule has 2 amide bonds. The van der Waals surface area contributed by atoms with Crippen molar-refractivity contribution in [3.05, 3.63) is 32.9 Å². The number of nitrogens with zero attached hydrogens (tertiary/aromatic N) is 1. The number of piperazine rings is 1. The third kappa shape index (κ3) is 2.91. The van der Waals surface area contributed by atoms with Crippen molar-refractivity contribution in [2.45, 2.75) is 26.3 Å². The Bertz CT molecular complexity index is 516. The summed E-state index contributed by atoms with van der Waals surface area (Å²) < 4.78 is 1.07. The second-order valence-electron chi connectivity index (χ2n) is 4.68. The molecule has 1 N–H and O–H groups in total. The summed E-state index contributed by atoms with van der Waals surface area (Å²) in [6.45, 7) is 5.05. The van der Waals surface area contributed by atoms with Gasteiger partial charge in [0.15, 0.2) is 0 Å². The van der Waals surface area contributed by atoms with Gasteiger partial charge in [0.1, 0.15) is 6.04 Å². The van der Waals surface area contributed by atoms with Gasteiger partial charge in [0.2, 0.25) is 5.91 Å². The van der Waals surface area contributed by atoms with Crippen molar-refractivity contribution in [1.82, 2.24) is 10.2 Å². The number of benzene rings is 1. The van der Waals surface area contributed by atoms with Crippen LogP contribution in [0.4, 0.5) is 0 Å². The van der Waals surface area contributed by atoms with Gasteiger partial charge in [0.25, 0.3) is 5.91 Å². The van der Waals surface area contributed by atoms with E-state index in [0.29, 0.717) is 25.1 Å². The van der Waals surface area contributed by atoms with Gasteiger partial charge in [-0.05, 0) is 53.6 Å². The molecule has 2 rings (SSSR count). The standard InChI is InChI=1S/C14H17IN2O2/c1-3-12-13(18)16-6-7-17(12)14(19)10-5-4-9(2)11(15)8-10/h4-5,8,12H,3,6-7H2,1-2H3,(H,16,18)/t12-/m1/s1. The van der Waals surface area contributed by atoms with Gasteiger partial charge in [0.05, 0.1) is 0 Å². The third-order valence-electron chi connectivity index (χ3n) is 3.40. The molecule has 1 aromatic rings. The molecule has 0 bridgehead atoms. The SMILES string of the molecule is CC[C@@H]1C(=O)NCCN1C(=O)c1ccc(C)c(I)c1. The Kier molecular flexibility index (Phi) is 4.44. The summed E-state index contributed by atoms with van der Waals surface area (Å²) in [5.41, 5.74) is 1.81. The van der Waals surface area contributed by atoms with E-state index in [4.69, 9.17) is 0 Å². The molecule has 1 aliphatic heterocycles. The predicted molar refractivity (Wildman–Crippen MR) is 82.0 cm³/mol. The van der Waals surface area contributed by atoms with Crippen LogP contribution < -0.4 is 5.32 Å². The van der Waals surface area contributed by atoms with Crippen molar-refractivity contribution in [2.24, 2.45) is 0 Å². The number of carbonyl (C=O) groups excluding carboxylic acids is 2. The first kappa shape index (κ1) is 14.3. The average molecular weight is 372 g/mol. The van der Waals surface area contributed by atoms with Crippen molar-refractivity contribution >= 4 is 34.4 Å². The summed E-state index contributed by atoms with van der Waals surface area (Å²) in [5.74, 6) is -0.108. The van der Waals surface area contributed by atoms with Gasteiger partial charge in [-0.25, -0.2) is 0 Å². The predicted octanol–water partition coefficient (Wildman–Crippen LogP) is 1.95. The third-order valence-corrected chi connectivity index (χ3v) is 4.56. The fourth-order valence-electron chi connectivity index (χ4n) is 2.26. The second kappa shape index (κ2) is 5.90. The fourth-order valence-corrected chi connectivity index (χ4v) is 2.77. The molecule has 1 heterocycles. The van der Waals surface area contributed by atoms with E-state index >= 15 is 0 Å². The first-order valence-corrected chi connectivity index (χ1v) is 7.47. The number of hydrogen-bond donors (Lipinski definition) is 1. The first-order valence-electron chi connectivity index (χ1n) is 6.39. The lowest BCUT2D eigenvalue weighted by Crippen LogP contribution is -2.56. The Balaban J connectivity index is 2.26. The molecule has 0 aliphatic carbocycles. The summed E-state index contributed by atoms with van der Waals surface area (Å²) in [6.07, 6.45) is 0.639. The lowest BCUT2D eigenvalue weighted by atomic mass is 10.1. The Morgan fingerprint density at radius 2 is 2.26 bits per heavy atom. The van der Waals surface area contributed by atoms with Crippen LogP contribution in [-0.2, 0) is 4.79 Å². The maximum atomic E-state index is 12.5. The van der Waals surface area contributed by atoms with Crippen LogP contribution in [0.25, 0.3) is 0 Å². The minimum Gasteiger partial charge on any atom is -0.353 e. The van der Waals surface area contributed by atoms with E-state index in [2.05, 4.69) is 27.9 Å². The molecule has 0 spiro atoms. The Morgan fingerprint density at radius 3 is 2.89 bits per heavy atom. The van der Waals surface area contributed by atoms with Crippen molar-refractivity contribution in [3.63, 3.8) is 0 Å². The van der Waals surface area contributed by atoms with Crippen LogP contribution in [0.2, 0.25) is 0 Å². The van der Waals surface area contributed by atoms with Crippen LogP contribution in [0, 0.1) is 10.5 Å². The number of hydrogen-bond acceptors (Lipinski definition) is 2. The Labute approximate surface area is 126 Å². The molecule has 0 aromatic heterocycles. The Morgan fingerprint density at radius 1 is 1.53 bits per heavy atom. The van der Waals surface area contributed by atoms with E-state index in [1.807, 2.05) is 32.0 Å². The van der Waals surface area contributed by atoms with Crippen LogP contribution in [0.3, 0.4) is 0 Å². The van der Waals surface area contributed by atoms with Crippen molar-refractivity contribution in [2.75, 3.05) is 13.1 Å². The van der Waals surface area contributed by atoms with Crippen LogP contribution >= 0.6 is 22.6 Å². The van der Waals surface area contributed by atoms with Crippen molar-refractivity contribution < 1.29 is 9.59 Å². The number of rotatable bonds is 2. The zero-order valence-corrected chi connectivity index (χ0v) is 13.2. The van der Waals surface area contributed by atoms with E-state index in [1.54, 1.807) is 4.90 Å². The highest BCUT2D eigenvalue weighted by atomic mass is 127. The molecule has 0 saturated carbocycles. The normalized spacial score (nSPS) is 19.2. The van der Waals surface area contributed by atoms with Crippen LogP contribution in [0.15, 0.2) is 18.2 Å². The van der Waals surface area contributed by atoms with Gasteiger partial charge in [0, 0.05) is 22.2 Å². The minimum atomic E-state index is -0.347. The molecular weight excluding hydrogens is 355 g/mol. The van der Waals surface area contributed by atoms with Crippen LogP contribution in [-0.4, -0.2) is 35.8 Å². The highest BCUT2D eigenvalue weighted by Crippen LogP contribution is 2.18. The molecular formula is C14H17IN2O2. The molecule has 102 valence electrons. The average Bonchev–Trinajstić information content (AvgIpc) is 2.40. The lowest BCUT2D eigenvalue weighted by Gasteiger charge is -2.34. The second-order valence-corrected chi connectivity index (χ2v) is 5.84. The molecule has 1 fully saturated rings. The van der Waals surface area contributed by atoms with Gasteiger partial charge in [-0.15, -0.1) is 0 Å². The zero-order valence-electron chi connectivity index (χ0n) is 11.1. The highest BCUT2D eigenvalue weighted by molar-refractivity contribution is 14.1. The number of aryl methyl sites for hydroxylation is 1. The van der Waals surface area contributed by atoms with Gasteiger partial charge in [-0.2, -0.15) is 0 Å². The molecule has 1 aromatic carbocycles. The number of nitrogens with one attached hydrogen (secondary N) is 1. The van der Waals surface area contributed by atoms with Crippen molar-refractivity contribution in [3.8, 4) is 0 Å². The highest BCUT2D eigenvalue weighted by Gasteiger charge is 2.32. The maximum Gasteiger partial charge on any atom is 0.254 e. The van der Waals surface area contributed by atoms with Gasteiger partial charge in [-0.3, -0.25) is 9.59 Å². The number of amides is 2. The molecule has 1 aliphatic rings. The molecule has 1 saturated heterocycles. The molecule has 0 unspecified atom stereocenters. The summed E-state index contributed by atoms with van der Waals surface area (Å²) in [5, 5.41) is 2.81. The molecule has 19 heavy (non-hydrogen) atoms. The van der Waals surface area contributed by atoms with Gasteiger partial charge < -0.3 is 10.2 Å². The van der Waals surface area contributed by atoms with E-state index in [9.17, 15) is 9.59 Å². The van der Waals surface area contributed by atoms with E-state index in [1.165, 1.54) is 0 Å². The molecule has 0 radical (unpaired) electrons. The number of carbonyl (C=O) groups is 2. The largest absolute Gasteiger partial charge is 0.353 e. The quantitative estimate of drug-likeness (QED) is 0.807. The zero-order chi connectivity index (χ0) is 14.0. The minimum absolute atomic E-state index is 0.0519. The van der Waals surface area contributed by atoms with Crippen LogP contribution in [0.5, 0.6) is 0 Å². The summed E-state index contributed by atoms with van der Waals surface area (Å²) in [4.78, 5) is 26.0. The molecule has 5 heteroatoms. The monoisotopic (exact) mass is 372 g/mol.